The zero-order valence-corrected chi connectivity index (χ0v) is 21.9. The molecule has 0 saturated heterocycles. The lowest BCUT2D eigenvalue weighted by atomic mass is 9.76. The zero-order valence-electron chi connectivity index (χ0n) is 21.9. The van der Waals surface area contributed by atoms with Crippen LogP contribution in [0.4, 0.5) is 5.69 Å². The number of carbonyl (C=O) groups excluding carboxylic acids is 1. The Labute approximate surface area is 218 Å². The molecular weight excluding hydrogens is 466 g/mol. The van der Waals surface area contributed by atoms with E-state index in [1.807, 2.05) is 48.5 Å². The van der Waals surface area contributed by atoms with Gasteiger partial charge in [0.15, 0.2) is 0 Å². The van der Waals surface area contributed by atoms with Gasteiger partial charge in [-0.25, -0.2) is 5.43 Å². The summed E-state index contributed by atoms with van der Waals surface area (Å²) in [6, 6.07) is 21.0. The Morgan fingerprint density at radius 1 is 0.973 bits per heavy atom. The first kappa shape index (κ1) is 25.8. The topological polar surface area (TPSA) is 72.4 Å². The van der Waals surface area contributed by atoms with Crippen LogP contribution in [0.3, 0.4) is 0 Å². The van der Waals surface area contributed by atoms with E-state index in [4.69, 9.17) is 14.2 Å². The summed E-state index contributed by atoms with van der Waals surface area (Å²) in [5.74, 6) is 2.10. The lowest BCUT2D eigenvalue weighted by Crippen LogP contribution is -2.31. The molecule has 0 bridgehead atoms. The monoisotopic (exact) mass is 499 g/mol. The second-order valence-electron chi connectivity index (χ2n) is 8.95. The molecular formula is C30H33N3O4. The fourth-order valence-electron chi connectivity index (χ4n) is 4.94. The van der Waals surface area contributed by atoms with Crippen molar-refractivity contribution in [1.82, 2.24) is 5.43 Å². The predicted molar refractivity (Wildman–Crippen MR) is 147 cm³/mol. The molecule has 1 aliphatic rings. The van der Waals surface area contributed by atoms with E-state index in [0.29, 0.717) is 12.0 Å². The molecule has 3 aromatic rings. The number of methoxy groups -OCH3 is 3. The molecule has 7 heteroatoms. The van der Waals surface area contributed by atoms with Crippen LogP contribution in [0.1, 0.15) is 35.3 Å². The minimum absolute atomic E-state index is 0.258. The Morgan fingerprint density at radius 3 is 2.35 bits per heavy atom. The Bertz CT molecular complexity index is 1320. The van der Waals surface area contributed by atoms with Crippen molar-refractivity contribution in [2.75, 3.05) is 32.8 Å². The number of anilines is 1. The molecule has 1 amide bonds. The van der Waals surface area contributed by atoms with Crippen molar-refractivity contribution in [2.45, 2.75) is 25.7 Å². The smallest absolute Gasteiger partial charge is 0.271 e. The molecule has 0 aliphatic carbocycles. The molecule has 1 N–H and O–H groups in total. The lowest BCUT2D eigenvalue weighted by molar-refractivity contribution is 0.0955. The maximum atomic E-state index is 12.4. The largest absolute Gasteiger partial charge is 0.497 e. The normalized spacial score (nSPS) is 17.6. The van der Waals surface area contributed by atoms with E-state index in [0.717, 1.165) is 46.3 Å². The predicted octanol–water partition coefficient (Wildman–Crippen LogP) is 5.35. The number of nitrogens with one attached hydrogen (secondary N) is 1. The molecule has 3 aromatic carbocycles. The number of hydrazone groups is 1. The third-order valence-electron chi connectivity index (χ3n) is 6.80. The lowest BCUT2D eigenvalue weighted by Gasteiger charge is -2.30. The van der Waals surface area contributed by atoms with E-state index >= 15 is 0 Å². The van der Waals surface area contributed by atoms with Crippen molar-refractivity contribution in [3.8, 4) is 17.2 Å². The van der Waals surface area contributed by atoms with E-state index in [1.165, 1.54) is 0 Å². The fraction of sp³-hybridized carbons (Fsp3) is 0.267. The number of hydrogen-bond acceptors (Lipinski definition) is 6. The number of fused-ring (bicyclic) bond motifs is 1. The average Bonchev–Trinajstić information content (AvgIpc) is 3.17. The molecule has 1 aliphatic heterocycles. The number of allylic oxidation sites excluding steroid dienone is 2. The first-order chi connectivity index (χ1) is 17.9. The first-order valence-electron chi connectivity index (χ1n) is 12.2. The maximum Gasteiger partial charge on any atom is 0.271 e. The summed E-state index contributed by atoms with van der Waals surface area (Å²) in [5.41, 5.74) is 7.07. The summed E-state index contributed by atoms with van der Waals surface area (Å²) in [4.78, 5) is 14.7. The first-order valence-corrected chi connectivity index (χ1v) is 12.2. The second-order valence-corrected chi connectivity index (χ2v) is 8.95. The molecule has 1 heterocycles. The van der Waals surface area contributed by atoms with Gasteiger partial charge in [0.2, 0.25) is 0 Å². The van der Waals surface area contributed by atoms with Crippen LogP contribution < -0.4 is 24.5 Å². The summed E-state index contributed by atoms with van der Waals surface area (Å²) in [7, 11) is 5.01. The fourth-order valence-corrected chi connectivity index (χ4v) is 4.94. The van der Waals surface area contributed by atoms with Crippen molar-refractivity contribution in [2.24, 2.45) is 5.10 Å². The number of ether oxygens (including phenoxy) is 3. The maximum absolute atomic E-state index is 12.4. The molecule has 0 aromatic heterocycles. The summed E-state index contributed by atoms with van der Waals surface area (Å²) >= 11 is 0. The van der Waals surface area contributed by atoms with Crippen LogP contribution in [0.15, 0.2) is 83.6 Å². The molecule has 1 atom stereocenters. The standard InChI is InChI=1S/C30H33N3O4/c1-6-33-26-14-12-24(36-4)19-25(26)30(2,20-22-18-23(35-3)13-15-27(22)37-5)28(33)16-17-31-32-29(34)21-10-8-7-9-11-21/h7-19H,6,20H2,1-5H3,(H,32,34)/b28-16-,31-17+. The minimum Gasteiger partial charge on any atom is -0.497 e. The summed E-state index contributed by atoms with van der Waals surface area (Å²) in [5, 5.41) is 4.21. The number of benzene rings is 3. The van der Waals surface area contributed by atoms with E-state index in [9.17, 15) is 4.79 Å². The van der Waals surface area contributed by atoms with Crippen molar-refractivity contribution < 1.29 is 19.0 Å². The molecule has 4 rings (SSSR count). The highest BCUT2D eigenvalue weighted by atomic mass is 16.5. The van der Waals surface area contributed by atoms with Gasteiger partial charge in [0.05, 0.1) is 21.3 Å². The van der Waals surface area contributed by atoms with Gasteiger partial charge >= 0.3 is 0 Å². The Morgan fingerprint density at radius 2 is 1.68 bits per heavy atom. The zero-order chi connectivity index (χ0) is 26.4. The van der Waals surface area contributed by atoms with Crippen molar-refractivity contribution in [3.05, 3.63) is 95.2 Å². The van der Waals surface area contributed by atoms with Gasteiger partial charge in [-0.2, -0.15) is 5.10 Å². The van der Waals surface area contributed by atoms with Gasteiger partial charge in [-0.1, -0.05) is 18.2 Å². The van der Waals surface area contributed by atoms with Gasteiger partial charge in [-0.05, 0) is 86.0 Å². The third-order valence-corrected chi connectivity index (χ3v) is 6.80. The van der Waals surface area contributed by atoms with Crippen molar-refractivity contribution in [3.63, 3.8) is 0 Å². The molecule has 0 spiro atoms. The van der Waals surface area contributed by atoms with Crippen LogP contribution in [-0.2, 0) is 11.8 Å². The highest BCUT2D eigenvalue weighted by Crippen LogP contribution is 2.51. The molecule has 7 nitrogen and oxygen atoms in total. The van der Waals surface area contributed by atoms with Gasteiger partial charge in [-0.15, -0.1) is 0 Å². The molecule has 0 saturated carbocycles. The molecule has 37 heavy (non-hydrogen) atoms. The number of amides is 1. The molecule has 0 fully saturated rings. The Balaban J connectivity index is 1.74. The molecule has 0 radical (unpaired) electrons. The van der Waals surface area contributed by atoms with Crippen LogP contribution in [-0.4, -0.2) is 40.0 Å². The van der Waals surface area contributed by atoms with Crippen LogP contribution in [0.2, 0.25) is 0 Å². The van der Waals surface area contributed by atoms with E-state index in [2.05, 4.69) is 41.4 Å². The van der Waals surface area contributed by atoms with Gasteiger partial charge in [0.25, 0.3) is 5.91 Å². The number of likely N-dealkylation sites (N-methyl/N-ethyl adjacent to an activating group) is 1. The highest BCUT2D eigenvalue weighted by Gasteiger charge is 2.44. The third kappa shape index (κ3) is 5.16. The van der Waals surface area contributed by atoms with Gasteiger partial charge in [0, 0.05) is 35.1 Å². The molecule has 1 unspecified atom stereocenters. The Kier molecular flexibility index (Phi) is 7.82. The van der Waals surface area contributed by atoms with Crippen LogP contribution in [0.5, 0.6) is 17.2 Å². The van der Waals surface area contributed by atoms with Gasteiger partial charge < -0.3 is 19.1 Å². The quantitative estimate of drug-likeness (QED) is 0.317. The van der Waals surface area contributed by atoms with Gasteiger partial charge in [-0.3, -0.25) is 4.79 Å². The van der Waals surface area contributed by atoms with E-state index in [-0.39, 0.29) is 5.91 Å². The number of nitrogens with zero attached hydrogens (tertiary/aromatic N) is 2. The Hall–Kier alpha value is -4.26. The highest BCUT2D eigenvalue weighted by molar-refractivity contribution is 5.94. The summed E-state index contributed by atoms with van der Waals surface area (Å²) < 4.78 is 16.8. The van der Waals surface area contributed by atoms with Crippen molar-refractivity contribution >= 4 is 17.8 Å². The SMILES string of the molecule is CCN1/C(=C\C=N\NC(=O)c2ccccc2)C(C)(Cc2cc(OC)ccc2OC)c2cc(OC)ccc21. The van der Waals surface area contributed by atoms with Gasteiger partial charge in [0.1, 0.15) is 17.2 Å². The van der Waals surface area contributed by atoms with E-state index < -0.39 is 5.41 Å². The number of carbonyl (C=O) groups is 1. The molecule has 192 valence electrons. The average molecular weight is 500 g/mol. The summed E-state index contributed by atoms with van der Waals surface area (Å²) in [6.07, 6.45) is 4.26. The van der Waals surface area contributed by atoms with Crippen LogP contribution in [0.25, 0.3) is 0 Å². The van der Waals surface area contributed by atoms with E-state index in [1.54, 1.807) is 39.7 Å². The minimum atomic E-state index is -0.436. The van der Waals surface area contributed by atoms with Crippen molar-refractivity contribution in [1.29, 1.82) is 0 Å². The summed E-state index contributed by atoms with van der Waals surface area (Å²) in [6.45, 7) is 5.09. The second kappa shape index (κ2) is 11.2. The van der Waals surface area contributed by atoms with Crippen LogP contribution >= 0.6 is 0 Å². The number of hydrogen-bond donors (Lipinski definition) is 1. The number of rotatable bonds is 9. The van der Waals surface area contributed by atoms with Crippen LogP contribution in [0, 0.1) is 0 Å².